The fraction of sp³-hybridized carbons (Fsp3) is 0.636. The van der Waals surface area contributed by atoms with E-state index in [9.17, 15) is 9.59 Å². The largest absolute Gasteiger partial charge is 0.349 e. The maximum atomic E-state index is 12.7. The van der Waals surface area contributed by atoms with Gasteiger partial charge in [-0.25, -0.2) is 31.3 Å². The maximum absolute atomic E-state index is 12.7. The van der Waals surface area contributed by atoms with Crippen LogP contribution in [0, 0.1) is 0 Å². The number of urea groups is 2. The lowest BCUT2D eigenvalue weighted by Gasteiger charge is -2.45. The number of hydrogen-bond acceptors (Lipinski definition) is 6. The van der Waals surface area contributed by atoms with Crippen LogP contribution in [0.5, 0.6) is 0 Å². The zero-order valence-corrected chi connectivity index (χ0v) is 20.4. The minimum Gasteiger partial charge on any atom is -0.254 e. The average molecular weight is 447 g/mol. The van der Waals surface area contributed by atoms with Gasteiger partial charge in [0.1, 0.15) is 12.3 Å². The molecule has 0 unspecified atom stereocenters. The van der Waals surface area contributed by atoms with Crippen LogP contribution in [0.4, 0.5) is 9.59 Å². The Morgan fingerprint density at radius 1 is 0.531 bits per heavy atom. The van der Waals surface area contributed by atoms with Crippen molar-refractivity contribution in [2.45, 2.75) is 91.9 Å². The van der Waals surface area contributed by atoms with E-state index < -0.39 is 0 Å². The van der Waals surface area contributed by atoms with Crippen molar-refractivity contribution in [3.63, 3.8) is 0 Å². The molecule has 10 heteroatoms. The number of nitrogens with zero attached hydrogens (tertiary/aromatic N) is 4. The van der Waals surface area contributed by atoms with E-state index in [4.69, 9.17) is 0 Å². The van der Waals surface area contributed by atoms with Crippen molar-refractivity contribution in [1.82, 2.24) is 41.7 Å². The first kappa shape index (κ1) is 24.2. The van der Waals surface area contributed by atoms with Crippen molar-refractivity contribution in [2.24, 2.45) is 0 Å². The zero-order chi connectivity index (χ0) is 23.7. The van der Waals surface area contributed by atoms with Gasteiger partial charge in [0.05, 0.1) is 0 Å². The fourth-order valence-corrected chi connectivity index (χ4v) is 3.73. The molecule has 0 aromatic heterocycles. The molecule has 2 saturated heterocycles. The smallest absolute Gasteiger partial charge is 0.254 e. The molecule has 0 saturated carbocycles. The molecule has 2 aliphatic heterocycles. The minimum atomic E-state index is -0.236. The summed E-state index contributed by atoms with van der Waals surface area (Å²) in [4.78, 5) is 25.4. The minimum absolute atomic E-state index is 0.0184. The number of benzene rings is 1. The summed E-state index contributed by atoms with van der Waals surface area (Å²) in [6.45, 7) is 15.9. The number of carbonyl (C=O) groups is 2. The van der Waals surface area contributed by atoms with E-state index >= 15 is 0 Å². The Morgan fingerprint density at radius 3 is 0.938 bits per heavy atom. The van der Waals surface area contributed by atoms with Crippen LogP contribution in [0.1, 0.15) is 78.8 Å². The Morgan fingerprint density at radius 2 is 0.750 bits per heavy atom. The van der Waals surface area contributed by atoms with Crippen molar-refractivity contribution in [3.05, 3.63) is 35.4 Å². The van der Waals surface area contributed by atoms with E-state index in [0.29, 0.717) is 0 Å². The van der Waals surface area contributed by atoms with E-state index in [-0.39, 0.29) is 48.6 Å². The summed E-state index contributed by atoms with van der Waals surface area (Å²) in [5, 5.41) is 6.63. The van der Waals surface area contributed by atoms with Crippen LogP contribution in [0.25, 0.3) is 0 Å². The Bertz CT molecular complexity index is 704. The van der Waals surface area contributed by atoms with Gasteiger partial charge in [-0.2, -0.15) is 0 Å². The highest BCUT2D eigenvalue weighted by Gasteiger charge is 2.36. The monoisotopic (exact) mass is 446 g/mol. The van der Waals surface area contributed by atoms with Gasteiger partial charge >= 0.3 is 12.1 Å². The van der Waals surface area contributed by atoms with E-state index in [1.165, 1.54) is 0 Å². The van der Waals surface area contributed by atoms with Crippen molar-refractivity contribution in [1.29, 1.82) is 0 Å². The molecule has 4 N–H and O–H groups in total. The normalized spacial score (nSPS) is 19.5. The highest BCUT2D eigenvalue weighted by atomic mass is 16.2. The van der Waals surface area contributed by atoms with Gasteiger partial charge in [0, 0.05) is 24.2 Å². The van der Waals surface area contributed by atoms with Crippen LogP contribution in [-0.2, 0) is 0 Å². The van der Waals surface area contributed by atoms with E-state index in [1.807, 2.05) is 79.7 Å². The molecular formula is C22H38N8O2. The number of amides is 4. The van der Waals surface area contributed by atoms with Gasteiger partial charge in [-0.1, -0.05) is 24.3 Å². The molecule has 2 heterocycles. The summed E-state index contributed by atoms with van der Waals surface area (Å²) in [5.74, 6) is 0. The molecule has 3 rings (SSSR count). The third-order valence-corrected chi connectivity index (χ3v) is 5.57. The molecule has 1 aromatic rings. The van der Waals surface area contributed by atoms with Gasteiger partial charge < -0.3 is 0 Å². The highest BCUT2D eigenvalue weighted by molar-refractivity contribution is 5.75. The highest BCUT2D eigenvalue weighted by Crippen LogP contribution is 2.23. The lowest BCUT2D eigenvalue weighted by molar-refractivity contribution is 0.00262. The number of nitrogens with one attached hydrogen (secondary N) is 4. The standard InChI is InChI=1S/C22H38N8O2/c1-13(2)27-21(31)28(14(3)4)24-19(23-27)17-9-11-18(12-10-17)20-25-29(15(5)6)22(32)30(26-20)16(7)8/h9-16,19-20,23-26H,1-8H3. The second-order valence-electron chi connectivity index (χ2n) is 9.47. The molecule has 2 aliphatic rings. The van der Waals surface area contributed by atoms with Crippen molar-refractivity contribution >= 4 is 12.1 Å². The van der Waals surface area contributed by atoms with Crippen LogP contribution in [0.15, 0.2) is 24.3 Å². The number of rotatable bonds is 6. The molecule has 4 amide bonds. The molecule has 0 bridgehead atoms. The van der Waals surface area contributed by atoms with Gasteiger partial charge in [0.2, 0.25) is 0 Å². The van der Waals surface area contributed by atoms with Gasteiger partial charge in [-0.15, -0.1) is 0 Å². The maximum Gasteiger partial charge on any atom is 0.349 e. The van der Waals surface area contributed by atoms with Gasteiger partial charge in [-0.3, -0.25) is 20.0 Å². The molecule has 2 fully saturated rings. The first-order chi connectivity index (χ1) is 15.0. The predicted octanol–water partition coefficient (Wildman–Crippen LogP) is 2.81. The second kappa shape index (κ2) is 9.62. The molecule has 32 heavy (non-hydrogen) atoms. The van der Waals surface area contributed by atoms with E-state index in [1.54, 1.807) is 20.0 Å². The van der Waals surface area contributed by atoms with Gasteiger partial charge in [-0.05, 0) is 66.5 Å². The van der Waals surface area contributed by atoms with Crippen molar-refractivity contribution in [2.75, 3.05) is 0 Å². The van der Waals surface area contributed by atoms with Crippen LogP contribution >= 0.6 is 0 Å². The van der Waals surface area contributed by atoms with Crippen molar-refractivity contribution < 1.29 is 9.59 Å². The van der Waals surface area contributed by atoms with Gasteiger partial charge in [0.25, 0.3) is 0 Å². The summed E-state index contributed by atoms with van der Waals surface area (Å²) in [5.41, 5.74) is 15.2. The average Bonchev–Trinajstić information content (AvgIpc) is 2.73. The third-order valence-electron chi connectivity index (χ3n) is 5.57. The molecule has 0 spiro atoms. The Hall–Kier alpha value is -2.40. The Labute approximate surface area is 191 Å². The van der Waals surface area contributed by atoms with Crippen LogP contribution in [0.3, 0.4) is 0 Å². The summed E-state index contributed by atoms with van der Waals surface area (Å²) in [6, 6.07) is 8.02. The van der Waals surface area contributed by atoms with Crippen LogP contribution < -0.4 is 21.7 Å². The zero-order valence-electron chi connectivity index (χ0n) is 20.4. The lowest BCUT2D eigenvalue weighted by atomic mass is 10.1. The molecule has 0 radical (unpaired) electrons. The molecule has 0 atom stereocenters. The second-order valence-corrected chi connectivity index (χ2v) is 9.47. The number of hydrazine groups is 4. The first-order valence-electron chi connectivity index (χ1n) is 11.4. The Kier molecular flexibility index (Phi) is 7.29. The topological polar surface area (TPSA) is 95.2 Å². The summed E-state index contributed by atoms with van der Waals surface area (Å²) in [6.07, 6.45) is -0.473. The first-order valence-corrected chi connectivity index (χ1v) is 11.4. The predicted molar refractivity (Wildman–Crippen MR) is 123 cm³/mol. The number of carbonyl (C=O) groups excluding carboxylic acids is 2. The van der Waals surface area contributed by atoms with Crippen LogP contribution in [-0.4, -0.2) is 56.3 Å². The quantitative estimate of drug-likeness (QED) is 0.537. The van der Waals surface area contributed by atoms with Gasteiger partial charge in [0.15, 0.2) is 0 Å². The summed E-state index contributed by atoms with van der Waals surface area (Å²) < 4.78 is 0. The van der Waals surface area contributed by atoms with Crippen molar-refractivity contribution in [3.8, 4) is 0 Å². The van der Waals surface area contributed by atoms with E-state index in [0.717, 1.165) is 11.1 Å². The molecule has 10 nitrogen and oxygen atoms in total. The molecule has 1 aromatic carbocycles. The Balaban J connectivity index is 1.81. The summed E-state index contributed by atoms with van der Waals surface area (Å²) in [7, 11) is 0. The fourth-order valence-electron chi connectivity index (χ4n) is 3.73. The molecule has 178 valence electrons. The molecule has 0 aliphatic carbocycles. The van der Waals surface area contributed by atoms with E-state index in [2.05, 4.69) is 21.7 Å². The third kappa shape index (κ3) is 4.83. The SMILES string of the molecule is CC(C)N1NC(c2ccc(C3NN(C(C)C)C(=O)N(C(C)C)N3)cc2)NN(C(C)C)C1=O. The lowest BCUT2D eigenvalue weighted by Crippen LogP contribution is -2.68. The van der Waals surface area contributed by atoms with Crippen LogP contribution in [0.2, 0.25) is 0 Å². The summed E-state index contributed by atoms with van der Waals surface area (Å²) >= 11 is 0. The molecular weight excluding hydrogens is 408 g/mol. The number of hydrogen-bond donors (Lipinski definition) is 4.